The molecule has 2 aromatic carbocycles. The molecule has 6 nitrogen and oxygen atoms in total. The summed E-state index contributed by atoms with van der Waals surface area (Å²) in [5.41, 5.74) is 2.50. The minimum absolute atomic E-state index is 0.292. The van der Waals surface area contributed by atoms with Gasteiger partial charge in [0.05, 0.1) is 16.7 Å². The monoisotopic (exact) mass is 453 g/mol. The van der Waals surface area contributed by atoms with Crippen molar-refractivity contribution in [1.29, 1.82) is 0 Å². The number of aldehydes is 1. The predicted molar refractivity (Wildman–Crippen MR) is 128 cm³/mol. The third kappa shape index (κ3) is 4.14. The molecule has 0 aliphatic carbocycles. The lowest BCUT2D eigenvalue weighted by molar-refractivity contribution is -0.107. The van der Waals surface area contributed by atoms with Crippen molar-refractivity contribution in [1.82, 2.24) is 3.97 Å². The summed E-state index contributed by atoms with van der Waals surface area (Å²) in [6.45, 7) is 8.38. The Bertz CT molecular complexity index is 1170. The summed E-state index contributed by atoms with van der Waals surface area (Å²) in [6.07, 6.45) is 4.63. The second-order valence-electron chi connectivity index (χ2n) is 9.04. The minimum Gasteiger partial charge on any atom is -0.489 e. The standard InChI is InChI=1S/C24H28BNO5S/c1-23(2)24(3,4)31-25(30-23)20-14-17(15-21-19(20)10-12-26(21)32(5)28)16-29-22-9-7-6-8-18(22)11-13-27/h6-10,12-15H,11,16H2,1-5H3. The largest absolute Gasteiger partial charge is 0.495 e. The van der Waals surface area contributed by atoms with Gasteiger partial charge in [0, 0.05) is 29.8 Å². The molecule has 0 radical (unpaired) electrons. The number of hydrogen-bond donors (Lipinski definition) is 0. The van der Waals surface area contributed by atoms with Crippen molar-refractivity contribution in [2.45, 2.75) is 51.9 Å². The van der Waals surface area contributed by atoms with Crippen molar-refractivity contribution in [3.05, 3.63) is 59.8 Å². The first-order valence-corrected chi connectivity index (χ1v) is 12.1. The molecule has 0 spiro atoms. The number of fused-ring (bicyclic) bond motifs is 1. The molecule has 4 rings (SSSR count). The minimum atomic E-state index is -1.21. The zero-order valence-corrected chi connectivity index (χ0v) is 19.9. The summed E-state index contributed by atoms with van der Waals surface area (Å²) >= 11 is 0. The molecule has 8 heteroatoms. The Morgan fingerprint density at radius 1 is 1.09 bits per heavy atom. The highest BCUT2D eigenvalue weighted by Gasteiger charge is 2.52. The first-order chi connectivity index (χ1) is 15.1. The van der Waals surface area contributed by atoms with Crippen LogP contribution >= 0.6 is 0 Å². The zero-order valence-electron chi connectivity index (χ0n) is 19.1. The van der Waals surface area contributed by atoms with Crippen molar-refractivity contribution in [2.24, 2.45) is 0 Å². The van der Waals surface area contributed by atoms with Gasteiger partial charge >= 0.3 is 7.12 Å². The molecular weight excluding hydrogens is 425 g/mol. The normalized spacial score (nSPS) is 18.1. The molecule has 0 saturated carbocycles. The van der Waals surface area contributed by atoms with Crippen molar-refractivity contribution >= 4 is 40.8 Å². The van der Waals surface area contributed by atoms with Crippen molar-refractivity contribution in [3.8, 4) is 5.75 Å². The Labute approximate surface area is 191 Å². The second kappa shape index (κ2) is 8.50. The highest BCUT2D eigenvalue weighted by atomic mass is 32.2. The number of nitrogens with zero attached hydrogens (tertiary/aromatic N) is 1. The average molecular weight is 453 g/mol. The Morgan fingerprint density at radius 2 is 1.78 bits per heavy atom. The van der Waals surface area contributed by atoms with Crippen LogP contribution in [-0.4, -0.2) is 39.0 Å². The Morgan fingerprint density at radius 3 is 2.44 bits per heavy atom. The van der Waals surface area contributed by atoms with Crippen LogP contribution in [-0.2, 0) is 38.1 Å². The average Bonchev–Trinajstić information content (AvgIpc) is 3.24. The van der Waals surface area contributed by atoms with Gasteiger partial charge in [-0.2, -0.15) is 0 Å². The molecule has 0 bridgehead atoms. The molecular formula is C24H28BNO5S. The number of rotatable bonds is 7. The molecule has 1 unspecified atom stereocenters. The highest BCUT2D eigenvalue weighted by molar-refractivity contribution is 7.82. The third-order valence-corrected chi connectivity index (χ3v) is 7.19. The zero-order chi connectivity index (χ0) is 23.1. The van der Waals surface area contributed by atoms with Crippen LogP contribution in [0.4, 0.5) is 0 Å². The summed E-state index contributed by atoms with van der Waals surface area (Å²) < 4.78 is 32.7. The summed E-state index contributed by atoms with van der Waals surface area (Å²) in [5.74, 6) is 0.673. The van der Waals surface area contributed by atoms with E-state index in [1.807, 2.05) is 76.4 Å². The first-order valence-electron chi connectivity index (χ1n) is 10.6. The first kappa shape index (κ1) is 22.8. The van der Waals surface area contributed by atoms with Crippen LogP contribution in [0.5, 0.6) is 5.75 Å². The molecule has 32 heavy (non-hydrogen) atoms. The fraction of sp³-hybridized carbons (Fsp3) is 0.375. The van der Waals surface area contributed by atoms with Crippen LogP contribution in [0.3, 0.4) is 0 Å². The van der Waals surface area contributed by atoms with E-state index in [0.717, 1.165) is 33.8 Å². The molecule has 1 saturated heterocycles. The Kier molecular flexibility index (Phi) is 6.05. The summed E-state index contributed by atoms with van der Waals surface area (Å²) in [6, 6.07) is 13.5. The Hall–Kier alpha value is -2.42. The van der Waals surface area contributed by atoms with Gasteiger partial charge in [-0.15, -0.1) is 0 Å². The van der Waals surface area contributed by atoms with E-state index < -0.39 is 29.3 Å². The maximum atomic E-state index is 12.3. The second-order valence-corrected chi connectivity index (χ2v) is 10.3. The van der Waals surface area contributed by atoms with Gasteiger partial charge in [-0.05, 0) is 56.9 Å². The quantitative estimate of drug-likeness (QED) is 0.405. The van der Waals surface area contributed by atoms with E-state index in [9.17, 15) is 9.00 Å². The van der Waals surface area contributed by atoms with E-state index in [4.69, 9.17) is 14.0 Å². The lowest BCUT2D eigenvalue weighted by atomic mass is 9.76. The van der Waals surface area contributed by atoms with Gasteiger partial charge < -0.3 is 18.8 Å². The van der Waals surface area contributed by atoms with Crippen LogP contribution < -0.4 is 10.2 Å². The number of hydrogen-bond acceptors (Lipinski definition) is 5. The van der Waals surface area contributed by atoms with Gasteiger partial charge in [0.25, 0.3) is 0 Å². The van der Waals surface area contributed by atoms with E-state index in [2.05, 4.69) is 0 Å². The summed E-state index contributed by atoms with van der Waals surface area (Å²) in [4.78, 5) is 11.0. The molecule has 168 valence electrons. The van der Waals surface area contributed by atoms with Gasteiger partial charge in [-0.25, -0.2) is 4.21 Å². The van der Waals surface area contributed by atoms with Crippen molar-refractivity contribution in [2.75, 3.05) is 6.26 Å². The maximum absolute atomic E-state index is 12.3. The van der Waals surface area contributed by atoms with E-state index in [-0.39, 0.29) is 0 Å². The molecule has 1 fully saturated rings. The van der Waals surface area contributed by atoms with Crippen LogP contribution in [0.1, 0.15) is 38.8 Å². The fourth-order valence-electron chi connectivity index (χ4n) is 3.84. The number of aromatic nitrogens is 1. The van der Waals surface area contributed by atoms with E-state index in [0.29, 0.717) is 18.8 Å². The topological polar surface area (TPSA) is 66.8 Å². The van der Waals surface area contributed by atoms with Crippen LogP contribution in [0, 0.1) is 0 Å². The van der Waals surface area contributed by atoms with Crippen LogP contribution in [0.2, 0.25) is 0 Å². The molecule has 0 amide bonds. The van der Waals surface area contributed by atoms with Gasteiger partial charge in [0.15, 0.2) is 0 Å². The van der Waals surface area contributed by atoms with Crippen molar-refractivity contribution in [3.63, 3.8) is 0 Å². The van der Waals surface area contributed by atoms with Crippen molar-refractivity contribution < 1.29 is 23.0 Å². The van der Waals surface area contributed by atoms with Gasteiger partial charge in [-0.1, -0.05) is 24.3 Å². The SMILES string of the molecule is CS(=O)n1ccc2c(B3OC(C)(C)C(C)(C)O3)cc(COc3ccccc3CC=O)cc21. The molecule has 1 aromatic heterocycles. The third-order valence-electron chi connectivity index (χ3n) is 6.32. The summed E-state index contributed by atoms with van der Waals surface area (Å²) in [5, 5.41) is 0.934. The lowest BCUT2D eigenvalue weighted by Crippen LogP contribution is -2.41. The van der Waals surface area contributed by atoms with E-state index >= 15 is 0 Å². The van der Waals surface area contributed by atoms with Gasteiger partial charge in [0.2, 0.25) is 0 Å². The number of carbonyl (C=O) groups is 1. The van der Waals surface area contributed by atoms with Gasteiger partial charge in [0.1, 0.15) is 29.6 Å². The number of para-hydroxylation sites is 1. The number of ether oxygens (including phenoxy) is 1. The molecule has 0 N–H and O–H groups in total. The van der Waals surface area contributed by atoms with E-state index in [1.54, 1.807) is 10.2 Å². The predicted octanol–water partition coefficient (Wildman–Crippen LogP) is 3.40. The van der Waals surface area contributed by atoms with E-state index in [1.165, 1.54) is 0 Å². The maximum Gasteiger partial charge on any atom is 0.495 e. The number of benzene rings is 2. The van der Waals surface area contributed by atoms with Crippen LogP contribution in [0.25, 0.3) is 10.9 Å². The van der Waals surface area contributed by atoms with Crippen LogP contribution in [0.15, 0.2) is 48.7 Å². The molecule has 2 heterocycles. The lowest BCUT2D eigenvalue weighted by Gasteiger charge is -2.32. The van der Waals surface area contributed by atoms with Gasteiger partial charge in [-0.3, -0.25) is 3.97 Å². The highest BCUT2D eigenvalue weighted by Crippen LogP contribution is 2.37. The molecule has 3 aromatic rings. The number of carbonyl (C=O) groups excluding carboxylic acids is 1. The smallest absolute Gasteiger partial charge is 0.489 e. The molecule has 1 aliphatic heterocycles. The molecule has 1 aliphatic rings. The molecule has 1 atom stereocenters. The fourth-order valence-corrected chi connectivity index (χ4v) is 4.50. The Balaban J connectivity index is 1.73. The summed E-state index contributed by atoms with van der Waals surface area (Å²) in [7, 11) is -1.76.